The van der Waals surface area contributed by atoms with Gasteiger partial charge in [-0.2, -0.15) is 0 Å². The zero-order valence-electron chi connectivity index (χ0n) is 8.08. The van der Waals surface area contributed by atoms with Gasteiger partial charge < -0.3 is 10.5 Å². The Kier molecular flexibility index (Phi) is 3.41. The quantitative estimate of drug-likeness (QED) is 0.782. The van der Waals surface area contributed by atoms with E-state index in [0.717, 1.165) is 0 Å². The number of halogens is 1. The molecule has 4 heteroatoms. The highest BCUT2D eigenvalue weighted by Crippen LogP contribution is 2.17. The molecule has 0 aliphatic rings. The summed E-state index contributed by atoms with van der Waals surface area (Å²) in [5.74, 6) is 0.0353. The van der Waals surface area contributed by atoms with Crippen molar-refractivity contribution in [3.8, 4) is 5.75 Å². The number of benzene rings is 1. The zero-order valence-corrected chi connectivity index (χ0v) is 8.90. The van der Waals surface area contributed by atoms with Crippen LogP contribution < -0.4 is 10.5 Å². The van der Waals surface area contributed by atoms with E-state index >= 15 is 0 Å². The Labute approximate surface area is 87.9 Å². The third-order valence-electron chi connectivity index (χ3n) is 1.58. The molecule has 0 atom stereocenters. The average Bonchev–Trinajstić information content (AvgIpc) is 2.01. The van der Waals surface area contributed by atoms with Gasteiger partial charge in [0.1, 0.15) is 16.6 Å². The Morgan fingerprint density at radius 3 is 2.57 bits per heavy atom. The molecule has 0 unspecified atom stereocenters. The lowest BCUT2D eigenvalue weighted by atomic mass is 10.2. The van der Waals surface area contributed by atoms with Crippen molar-refractivity contribution in [2.75, 3.05) is 0 Å². The average molecular weight is 213 g/mol. The minimum Gasteiger partial charge on any atom is -0.491 e. The molecule has 14 heavy (non-hydrogen) atoms. The minimum atomic E-state index is -0.448. The van der Waals surface area contributed by atoms with Crippen LogP contribution in [0, 0.1) is 5.82 Å². The second-order valence-corrected chi connectivity index (χ2v) is 3.61. The van der Waals surface area contributed by atoms with Crippen LogP contribution in [0.5, 0.6) is 5.75 Å². The van der Waals surface area contributed by atoms with Gasteiger partial charge in [-0.15, -0.1) is 0 Å². The Balaban J connectivity index is 2.94. The first-order chi connectivity index (χ1) is 6.50. The van der Waals surface area contributed by atoms with Gasteiger partial charge in [0.2, 0.25) is 0 Å². The van der Waals surface area contributed by atoms with Gasteiger partial charge in [-0.1, -0.05) is 12.2 Å². The SMILES string of the molecule is CC(C)Oc1ccc(C(N)=S)c(F)c1. The van der Waals surface area contributed by atoms with Gasteiger partial charge in [0.25, 0.3) is 0 Å². The van der Waals surface area contributed by atoms with Crippen LogP contribution in [-0.4, -0.2) is 11.1 Å². The third-order valence-corrected chi connectivity index (χ3v) is 1.80. The Bertz CT molecular complexity index is 352. The fourth-order valence-corrected chi connectivity index (χ4v) is 1.21. The fourth-order valence-electron chi connectivity index (χ4n) is 1.04. The maximum atomic E-state index is 13.3. The maximum Gasteiger partial charge on any atom is 0.137 e. The summed E-state index contributed by atoms with van der Waals surface area (Å²) in [5.41, 5.74) is 5.56. The molecule has 1 rings (SSSR count). The Hall–Kier alpha value is -1.16. The lowest BCUT2D eigenvalue weighted by Crippen LogP contribution is -2.12. The predicted octanol–water partition coefficient (Wildman–Crippen LogP) is 2.25. The van der Waals surface area contributed by atoms with Crippen LogP contribution in [0.15, 0.2) is 18.2 Å². The van der Waals surface area contributed by atoms with Crippen LogP contribution in [0.1, 0.15) is 19.4 Å². The van der Waals surface area contributed by atoms with E-state index in [9.17, 15) is 4.39 Å². The first-order valence-corrected chi connectivity index (χ1v) is 4.67. The number of rotatable bonds is 3. The maximum absolute atomic E-state index is 13.3. The molecule has 1 aromatic carbocycles. The predicted molar refractivity (Wildman–Crippen MR) is 58.1 cm³/mol. The second kappa shape index (κ2) is 4.37. The number of hydrogen-bond donors (Lipinski definition) is 1. The van der Waals surface area contributed by atoms with E-state index in [2.05, 4.69) is 12.2 Å². The molecule has 1 aromatic rings. The molecule has 0 aliphatic carbocycles. The molecule has 0 bridgehead atoms. The Morgan fingerprint density at radius 1 is 1.50 bits per heavy atom. The highest BCUT2D eigenvalue weighted by Gasteiger charge is 2.07. The summed E-state index contributed by atoms with van der Waals surface area (Å²) in [5, 5.41) is 0. The summed E-state index contributed by atoms with van der Waals surface area (Å²) in [7, 11) is 0. The molecular weight excluding hydrogens is 201 g/mol. The molecule has 2 N–H and O–H groups in total. The van der Waals surface area contributed by atoms with Gasteiger partial charge in [-0.05, 0) is 26.0 Å². The van der Waals surface area contributed by atoms with Gasteiger partial charge in [0.15, 0.2) is 0 Å². The number of thiocarbonyl (C=S) groups is 1. The zero-order chi connectivity index (χ0) is 10.7. The molecule has 0 heterocycles. The standard InChI is InChI=1S/C10H12FNOS/c1-6(2)13-7-3-4-8(10(12)14)9(11)5-7/h3-6H,1-2H3,(H2,12,14). The summed E-state index contributed by atoms with van der Waals surface area (Å²) in [6.07, 6.45) is 0.0186. The van der Waals surface area contributed by atoms with Crippen LogP contribution in [0.3, 0.4) is 0 Å². The summed E-state index contributed by atoms with van der Waals surface area (Å²) >= 11 is 4.68. The highest BCUT2D eigenvalue weighted by atomic mass is 32.1. The van der Waals surface area contributed by atoms with Gasteiger partial charge in [-0.25, -0.2) is 4.39 Å². The van der Waals surface area contributed by atoms with Crippen molar-refractivity contribution in [3.63, 3.8) is 0 Å². The van der Waals surface area contributed by atoms with Gasteiger partial charge >= 0.3 is 0 Å². The van der Waals surface area contributed by atoms with Gasteiger partial charge in [0, 0.05) is 11.6 Å². The van der Waals surface area contributed by atoms with E-state index in [-0.39, 0.29) is 16.7 Å². The molecule has 0 aromatic heterocycles. The first kappa shape index (κ1) is 10.9. The lowest BCUT2D eigenvalue weighted by Gasteiger charge is -2.10. The van der Waals surface area contributed by atoms with Crippen LogP contribution in [-0.2, 0) is 0 Å². The molecular formula is C10H12FNOS. The molecule has 0 radical (unpaired) electrons. The number of nitrogens with two attached hydrogens (primary N) is 1. The van der Waals surface area contributed by atoms with Crippen molar-refractivity contribution in [2.24, 2.45) is 5.73 Å². The van der Waals surface area contributed by atoms with E-state index in [1.165, 1.54) is 12.1 Å². The molecule has 0 fully saturated rings. The molecule has 0 aliphatic heterocycles. The van der Waals surface area contributed by atoms with Gasteiger partial charge in [-0.3, -0.25) is 0 Å². The normalized spacial score (nSPS) is 10.3. The van der Waals surface area contributed by atoms with Crippen LogP contribution in [0.4, 0.5) is 4.39 Å². The van der Waals surface area contributed by atoms with Crippen molar-refractivity contribution >= 4 is 17.2 Å². The number of hydrogen-bond acceptors (Lipinski definition) is 2. The fraction of sp³-hybridized carbons (Fsp3) is 0.300. The van der Waals surface area contributed by atoms with Gasteiger partial charge in [0.05, 0.1) is 6.10 Å². The van der Waals surface area contributed by atoms with Crippen molar-refractivity contribution < 1.29 is 9.13 Å². The summed E-state index contributed by atoms with van der Waals surface area (Å²) < 4.78 is 18.6. The summed E-state index contributed by atoms with van der Waals surface area (Å²) in [6.45, 7) is 3.75. The minimum absolute atomic E-state index is 0.0186. The summed E-state index contributed by atoms with van der Waals surface area (Å²) in [4.78, 5) is 0.0543. The van der Waals surface area contributed by atoms with Crippen LogP contribution in [0.25, 0.3) is 0 Å². The smallest absolute Gasteiger partial charge is 0.137 e. The largest absolute Gasteiger partial charge is 0.491 e. The monoisotopic (exact) mass is 213 g/mol. The van der Waals surface area contributed by atoms with E-state index < -0.39 is 5.82 Å². The van der Waals surface area contributed by atoms with E-state index in [0.29, 0.717) is 5.75 Å². The third kappa shape index (κ3) is 2.67. The Morgan fingerprint density at radius 2 is 2.14 bits per heavy atom. The van der Waals surface area contributed by atoms with E-state index in [1.807, 2.05) is 13.8 Å². The molecule has 0 amide bonds. The first-order valence-electron chi connectivity index (χ1n) is 4.26. The van der Waals surface area contributed by atoms with E-state index in [4.69, 9.17) is 10.5 Å². The van der Waals surface area contributed by atoms with Crippen molar-refractivity contribution in [3.05, 3.63) is 29.6 Å². The van der Waals surface area contributed by atoms with Crippen LogP contribution in [0.2, 0.25) is 0 Å². The number of ether oxygens (including phenoxy) is 1. The van der Waals surface area contributed by atoms with Crippen molar-refractivity contribution in [2.45, 2.75) is 20.0 Å². The topological polar surface area (TPSA) is 35.2 Å². The highest BCUT2D eigenvalue weighted by molar-refractivity contribution is 7.80. The molecule has 0 saturated carbocycles. The molecule has 76 valence electrons. The van der Waals surface area contributed by atoms with E-state index in [1.54, 1.807) is 6.07 Å². The van der Waals surface area contributed by atoms with Crippen molar-refractivity contribution in [1.29, 1.82) is 0 Å². The molecule has 0 saturated heterocycles. The van der Waals surface area contributed by atoms with Crippen molar-refractivity contribution in [1.82, 2.24) is 0 Å². The molecule has 0 spiro atoms. The lowest BCUT2D eigenvalue weighted by molar-refractivity contribution is 0.241. The molecule has 2 nitrogen and oxygen atoms in total. The van der Waals surface area contributed by atoms with Crippen LogP contribution >= 0.6 is 12.2 Å². The second-order valence-electron chi connectivity index (χ2n) is 3.17. The summed E-state index contributed by atoms with van der Waals surface area (Å²) in [6, 6.07) is 4.46.